The van der Waals surface area contributed by atoms with E-state index in [9.17, 15) is 9.50 Å². The van der Waals surface area contributed by atoms with Gasteiger partial charge in [-0.15, -0.1) is 0 Å². The fourth-order valence-corrected chi connectivity index (χ4v) is 4.76. The fraction of sp³-hybridized carbons (Fsp3) is 0.667. The van der Waals surface area contributed by atoms with Crippen molar-refractivity contribution < 1.29 is 9.50 Å². The fourth-order valence-electron chi connectivity index (χ4n) is 4.35. The van der Waals surface area contributed by atoms with Crippen molar-refractivity contribution in [1.82, 2.24) is 0 Å². The number of fused-ring (bicyclic) bond motifs is 1. The van der Waals surface area contributed by atoms with Gasteiger partial charge in [-0.3, -0.25) is 0 Å². The van der Waals surface area contributed by atoms with E-state index < -0.39 is 0 Å². The molecule has 1 N–H and O–H groups in total. The Bertz CT molecular complexity index is 490. The molecule has 2 aliphatic carbocycles. The Morgan fingerprint density at radius 2 is 1.90 bits per heavy atom. The van der Waals surface area contributed by atoms with Gasteiger partial charge in [-0.1, -0.05) is 41.6 Å². The van der Waals surface area contributed by atoms with Gasteiger partial charge in [0.05, 0.1) is 6.10 Å². The van der Waals surface area contributed by atoms with E-state index in [0.29, 0.717) is 12.3 Å². The summed E-state index contributed by atoms with van der Waals surface area (Å²) in [5.74, 6) is 1.89. The van der Waals surface area contributed by atoms with Crippen LogP contribution >= 0.6 is 15.9 Å². The number of aliphatic hydroxyl groups excluding tert-OH is 1. The first-order valence-corrected chi connectivity index (χ1v) is 9.05. The van der Waals surface area contributed by atoms with Gasteiger partial charge in [0.2, 0.25) is 0 Å². The third-order valence-corrected chi connectivity index (χ3v) is 6.33. The maximum Gasteiger partial charge on any atom is 0.123 e. The second-order valence-corrected chi connectivity index (χ2v) is 7.74. The van der Waals surface area contributed by atoms with E-state index in [-0.39, 0.29) is 11.9 Å². The molecular weight excluding hydrogens is 331 g/mol. The van der Waals surface area contributed by atoms with Crippen LogP contribution in [0, 0.1) is 23.6 Å². The maximum absolute atomic E-state index is 13.4. The van der Waals surface area contributed by atoms with Gasteiger partial charge in [-0.25, -0.2) is 4.39 Å². The van der Waals surface area contributed by atoms with Crippen molar-refractivity contribution >= 4 is 15.9 Å². The Morgan fingerprint density at radius 3 is 2.71 bits per heavy atom. The van der Waals surface area contributed by atoms with Crippen LogP contribution < -0.4 is 0 Å². The zero-order valence-electron chi connectivity index (χ0n) is 12.4. The van der Waals surface area contributed by atoms with Gasteiger partial charge >= 0.3 is 0 Å². The molecule has 0 spiro atoms. The smallest absolute Gasteiger partial charge is 0.123 e. The molecule has 1 aromatic carbocycles. The molecule has 0 aromatic heterocycles. The summed E-state index contributed by atoms with van der Waals surface area (Å²) in [7, 11) is 0. The predicted molar refractivity (Wildman–Crippen MR) is 86.6 cm³/mol. The normalized spacial score (nSPS) is 30.7. The molecule has 0 saturated heterocycles. The van der Waals surface area contributed by atoms with Crippen molar-refractivity contribution in [1.29, 1.82) is 0 Å². The summed E-state index contributed by atoms with van der Waals surface area (Å²) < 4.78 is 14.3. The van der Waals surface area contributed by atoms with Gasteiger partial charge in [0, 0.05) is 4.47 Å². The highest BCUT2D eigenvalue weighted by Gasteiger charge is 2.34. The van der Waals surface area contributed by atoms with Gasteiger partial charge in [0.25, 0.3) is 0 Å². The van der Waals surface area contributed by atoms with Crippen LogP contribution in [0.2, 0.25) is 0 Å². The van der Waals surface area contributed by atoms with Crippen LogP contribution in [0.5, 0.6) is 0 Å². The molecular formula is C18H24BrFO. The van der Waals surface area contributed by atoms with E-state index in [4.69, 9.17) is 0 Å². The van der Waals surface area contributed by atoms with Crippen molar-refractivity contribution in [3.63, 3.8) is 0 Å². The lowest BCUT2D eigenvalue weighted by Crippen LogP contribution is -2.34. The molecule has 3 heteroatoms. The third-order valence-electron chi connectivity index (χ3n) is 5.56. The molecule has 0 radical (unpaired) electrons. The molecule has 2 aliphatic rings. The van der Waals surface area contributed by atoms with Gasteiger partial charge in [0.1, 0.15) is 5.82 Å². The summed E-state index contributed by atoms with van der Waals surface area (Å²) in [6, 6.07) is 4.72. The lowest BCUT2D eigenvalue weighted by molar-refractivity contribution is 0.0360. The van der Waals surface area contributed by atoms with Crippen LogP contribution in [0.25, 0.3) is 0 Å². The van der Waals surface area contributed by atoms with E-state index in [1.165, 1.54) is 44.6 Å². The van der Waals surface area contributed by atoms with Crippen LogP contribution in [0.15, 0.2) is 22.7 Å². The number of rotatable bonds is 3. The summed E-state index contributed by atoms with van der Waals surface area (Å²) in [5.41, 5.74) is 0.883. The molecule has 0 amide bonds. The molecule has 2 saturated carbocycles. The van der Waals surface area contributed by atoms with E-state index in [2.05, 4.69) is 15.9 Å². The highest BCUT2D eigenvalue weighted by Crippen LogP contribution is 2.44. The maximum atomic E-state index is 13.4. The van der Waals surface area contributed by atoms with Crippen LogP contribution in [-0.2, 0) is 6.42 Å². The number of halogens is 2. The molecule has 0 aliphatic heterocycles. The van der Waals surface area contributed by atoms with Crippen molar-refractivity contribution in [2.75, 3.05) is 0 Å². The lowest BCUT2D eigenvalue weighted by atomic mass is 9.66. The third kappa shape index (κ3) is 3.68. The minimum absolute atomic E-state index is 0.226. The topological polar surface area (TPSA) is 20.2 Å². The number of hydrogen-bond donors (Lipinski definition) is 1. The Balaban J connectivity index is 1.62. The predicted octanol–water partition coefficient (Wildman–Crippen LogP) is 5.10. The highest BCUT2D eigenvalue weighted by molar-refractivity contribution is 9.10. The highest BCUT2D eigenvalue weighted by atomic mass is 79.9. The molecule has 0 bridgehead atoms. The Morgan fingerprint density at radius 1 is 1.14 bits per heavy atom. The van der Waals surface area contributed by atoms with Gasteiger partial charge in [-0.05, 0) is 67.2 Å². The zero-order chi connectivity index (χ0) is 14.8. The molecule has 2 fully saturated rings. The van der Waals surface area contributed by atoms with E-state index in [1.54, 1.807) is 12.1 Å². The Labute approximate surface area is 135 Å². The molecule has 116 valence electrons. The zero-order valence-corrected chi connectivity index (χ0v) is 14.0. The SMILES string of the molecule is OC(Cc1cc(F)ccc1Br)C1CCC2CCCCC2C1. The summed E-state index contributed by atoms with van der Waals surface area (Å²) in [6.07, 6.45) is 9.28. The quantitative estimate of drug-likeness (QED) is 0.800. The van der Waals surface area contributed by atoms with E-state index >= 15 is 0 Å². The molecule has 1 nitrogen and oxygen atoms in total. The monoisotopic (exact) mass is 354 g/mol. The summed E-state index contributed by atoms with van der Waals surface area (Å²) >= 11 is 3.46. The first-order chi connectivity index (χ1) is 10.1. The standard InChI is InChI=1S/C18H24BrFO/c19-17-8-7-16(20)10-15(17)11-18(21)14-6-5-12-3-1-2-4-13(12)9-14/h7-8,10,12-14,18,21H,1-6,9,11H2. The van der Waals surface area contributed by atoms with Gasteiger partial charge in [0.15, 0.2) is 0 Å². The van der Waals surface area contributed by atoms with Crippen molar-refractivity contribution in [3.8, 4) is 0 Å². The summed E-state index contributed by atoms with van der Waals surface area (Å²) in [4.78, 5) is 0. The van der Waals surface area contributed by atoms with Crippen LogP contribution in [0.3, 0.4) is 0 Å². The van der Waals surface area contributed by atoms with Crippen LogP contribution in [0.4, 0.5) is 4.39 Å². The van der Waals surface area contributed by atoms with Crippen molar-refractivity contribution in [2.45, 2.75) is 57.5 Å². The average Bonchev–Trinajstić information content (AvgIpc) is 2.50. The van der Waals surface area contributed by atoms with Crippen LogP contribution in [-0.4, -0.2) is 11.2 Å². The average molecular weight is 355 g/mol. The summed E-state index contributed by atoms with van der Waals surface area (Å²) in [5, 5.41) is 10.6. The minimum atomic E-state index is -0.342. The Hall–Kier alpha value is -0.410. The molecule has 4 atom stereocenters. The molecule has 0 heterocycles. The van der Waals surface area contributed by atoms with Crippen molar-refractivity contribution in [3.05, 3.63) is 34.1 Å². The van der Waals surface area contributed by atoms with E-state index in [0.717, 1.165) is 28.3 Å². The minimum Gasteiger partial charge on any atom is -0.392 e. The number of benzene rings is 1. The largest absolute Gasteiger partial charge is 0.392 e. The van der Waals surface area contributed by atoms with Crippen molar-refractivity contribution in [2.24, 2.45) is 17.8 Å². The Kier molecular flexibility index (Phi) is 5.00. The second kappa shape index (κ2) is 6.78. The van der Waals surface area contributed by atoms with E-state index in [1.807, 2.05) is 0 Å². The molecule has 21 heavy (non-hydrogen) atoms. The number of hydrogen-bond acceptors (Lipinski definition) is 1. The van der Waals surface area contributed by atoms with Gasteiger partial charge in [-0.2, -0.15) is 0 Å². The first-order valence-electron chi connectivity index (χ1n) is 8.25. The molecule has 3 rings (SSSR count). The lowest BCUT2D eigenvalue weighted by Gasteiger charge is -2.40. The second-order valence-electron chi connectivity index (χ2n) is 6.88. The summed E-state index contributed by atoms with van der Waals surface area (Å²) in [6.45, 7) is 0. The first kappa shape index (κ1) is 15.5. The molecule has 4 unspecified atom stereocenters. The van der Waals surface area contributed by atoms with Gasteiger partial charge < -0.3 is 5.11 Å². The van der Waals surface area contributed by atoms with Crippen LogP contribution in [0.1, 0.15) is 50.5 Å². The number of aliphatic hydroxyl groups is 1. The molecule has 1 aromatic rings.